The highest BCUT2D eigenvalue weighted by Gasteiger charge is 2.23. The number of carbonyl (C=O) groups excluding carboxylic acids is 1. The second kappa shape index (κ2) is 8.33. The van der Waals surface area contributed by atoms with Crippen molar-refractivity contribution in [2.75, 3.05) is 37.6 Å². The Kier molecular flexibility index (Phi) is 5.46. The molecule has 1 aliphatic heterocycles. The molecule has 2 heterocycles. The Morgan fingerprint density at radius 1 is 1.00 bits per heavy atom. The van der Waals surface area contributed by atoms with Gasteiger partial charge in [0.1, 0.15) is 0 Å². The number of rotatable bonds is 5. The van der Waals surface area contributed by atoms with Crippen LogP contribution >= 0.6 is 0 Å². The molecule has 1 aliphatic rings. The SMILES string of the molecule is Cn1c(N2CCN(C(=O)NCCCc3ccccc3)CC2)nc2ccccc21. The molecule has 0 spiro atoms. The Labute approximate surface area is 165 Å². The van der Waals surface area contributed by atoms with Crippen LogP contribution < -0.4 is 10.2 Å². The lowest BCUT2D eigenvalue weighted by Crippen LogP contribution is -2.52. The summed E-state index contributed by atoms with van der Waals surface area (Å²) >= 11 is 0. The molecule has 1 saturated heterocycles. The minimum Gasteiger partial charge on any atom is -0.339 e. The van der Waals surface area contributed by atoms with Gasteiger partial charge in [-0.1, -0.05) is 42.5 Å². The van der Waals surface area contributed by atoms with Crippen LogP contribution in [0, 0.1) is 0 Å². The first-order valence-electron chi connectivity index (χ1n) is 9.95. The van der Waals surface area contributed by atoms with Gasteiger partial charge in [-0.3, -0.25) is 0 Å². The second-order valence-electron chi connectivity index (χ2n) is 7.25. The predicted octanol–water partition coefficient (Wildman–Crippen LogP) is 3.04. The molecular formula is C22H27N5O. The Bertz CT molecular complexity index is 929. The topological polar surface area (TPSA) is 53.4 Å². The molecule has 0 bridgehead atoms. The third kappa shape index (κ3) is 3.96. The van der Waals surface area contributed by atoms with Crippen LogP contribution in [-0.4, -0.2) is 53.2 Å². The number of urea groups is 1. The number of imidazole rings is 1. The highest BCUT2D eigenvalue weighted by Crippen LogP contribution is 2.22. The van der Waals surface area contributed by atoms with Crippen molar-refractivity contribution in [1.82, 2.24) is 19.8 Å². The highest BCUT2D eigenvalue weighted by atomic mass is 16.2. The molecule has 6 heteroatoms. The number of aromatic nitrogens is 2. The van der Waals surface area contributed by atoms with Crippen molar-refractivity contribution in [3.05, 3.63) is 60.2 Å². The number of carbonyl (C=O) groups is 1. The fourth-order valence-electron chi connectivity index (χ4n) is 3.77. The summed E-state index contributed by atoms with van der Waals surface area (Å²) in [7, 11) is 2.05. The van der Waals surface area contributed by atoms with Gasteiger partial charge < -0.3 is 19.7 Å². The van der Waals surface area contributed by atoms with Crippen molar-refractivity contribution < 1.29 is 4.79 Å². The van der Waals surface area contributed by atoms with Gasteiger partial charge in [0.25, 0.3) is 0 Å². The maximum Gasteiger partial charge on any atom is 0.317 e. The van der Waals surface area contributed by atoms with E-state index in [1.165, 1.54) is 5.56 Å². The standard InChI is InChI=1S/C22H27N5O/c1-25-20-12-6-5-11-19(20)24-21(25)26-14-16-27(17-15-26)22(28)23-13-7-10-18-8-3-2-4-9-18/h2-6,8-9,11-12H,7,10,13-17H2,1H3,(H,23,28). The van der Waals surface area contributed by atoms with E-state index in [1.54, 1.807) is 0 Å². The number of aryl methyl sites for hydroxylation is 2. The molecular weight excluding hydrogens is 350 g/mol. The smallest absolute Gasteiger partial charge is 0.317 e. The minimum atomic E-state index is 0.0395. The zero-order valence-electron chi connectivity index (χ0n) is 16.3. The molecule has 0 aliphatic carbocycles. The summed E-state index contributed by atoms with van der Waals surface area (Å²) in [6.07, 6.45) is 1.94. The van der Waals surface area contributed by atoms with Crippen LogP contribution in [0.5, 0.6) is 0 Å². The van der Waals surface area contributed by atoms with Crippen LogP contribution in [0.25, 0.3) is 11.0 Å². The van der Waals surface area contributed by atoms with Gasteiger partial charge in [0.15, 0.2) is 0 Å². The summed E-state index contributed by atoms with van der Waals surface area (Å²) in [5.74, 6) is 0.976. The molecule has 0 unspecified atom stereocenters. The van der Waals surface area contributed by atoms with Crippen LogP contribution in [-0.2, 0) is 13.5 Å². The Hall–Kier alpha value is -3.02. The van der Waals surface area contributed by atoms with E-state index < -0.39 is 0 Å². The summed E-state index contributed by atoms with van der Waals surface area (Å²) in [4.78, 5) is 21.4. The number of amides is 2. The van der Waals surface area contributed by atoms with Crippen LogP contribution in [0.15, 0.2) is 54.6 Å². The number of benzene rings is 2. The van der Waals surface area contributed by atoms with Gasteiger partial charge in [-0.25, -0.2) is 9.78 Å². The van der Waals surface area contributed by atoms with E-state index in [0.29, 0.717) is 19.6 Å². The highest BCUT2D eigenvalue weighted by molar-refractivity contribution is 5.79. The van der Waals surface area contributed by atoms with E-state index >= 15 is 0 Å². The number of nitrogens with one attached hydrogen (secondary N) is 1. The monoisotopic (exact) mass is 377 g/mol. The zero-order valence-corrected chi connectivity index (χ0v) is 16.3. The normalized spacial score (nSPS) is 14.5. The third-order valence-electron chi connectivity index (χ3n) is 5.37. The maximum absolute atomic E-state index is 12.4. The van der Waals surface area contributed by atoms with Crippen molar-refractivity contribution in [3.63, 3.8) is 0 Å². The van der Waals surface area contributed by atoms with E-state index in [1.807, 2.05) is 29.2 Å². The molecule has 146 valence electrons. The molecule has 2 amide bonds. The van der Waals surface area contributed by atoms with Gasteiger partial charge in [-0.05, 0) is 30.5 Å². The van der Waals surface area contributed by atoms with E-state index in [4.69, 9.17) is 4.98 Å². The summed E-state index contributed by atoms with van der Waals surface area (Å²) in [6.45, 7) is 3.74. The van der Waals surface area contributed by atoms with E-state index in [-0.39, 0.29) is 6.03 Å². The summed E-state index contributed by atoms with van der Waals surface area (Å²) in [6, 6.07) is 18.6. The Morgan fingerprint density at radius 2 is 1.71 bits per heavy atom. The molecule has 4 rings (SSSR count). The van der Waals surface area contributed by atoms with E-state index in [9.17, 15) is 4.79 Å². The quantitative estimate of drug-likeness (QED) is 0.696. The first-order chi connectivity index (χ1) is 13.7. The van der Waals surface area contributed by atoms with Crippen LogP contribution in [0.4, 0.5) is 10.7 Å². The van der Waals surface area contributed by atoms with Gasteiger partial charge in [-0.15, -0.1) is 0 Å². The Balaban J connectivity index is 1.25. The van der Waals surface area contributed by atoms with Crippen LogP contribution in [0.3, 0.4) is 0 Å². The van der Waals surface area contributed by atoms with Crippen molar-refractivity contribution in [2.45, 2.75) is 12.8 Å². The van der Waals surface area contributed by atoms with Crippen LogP contribution in [0.2, 0.25) is 0 Å². The average Bonchev–Trinajstić information content (AvgIpc) is 3.09. The van der Waals surface area contributed by atoms with Crippen molar-refractivity contribution in [1.29, 1.82) is 0 Å². The fourth-order valence-corrected chi connectivity index (χ4v) is 3.77. The van der Waals surface area contributed by atoms with Crippen LogP contribution in [0.1, 0.15) is 12.0 Å². The summed E-state index contributed by atoms with van der Waals surface area (Å²) in [5.41, 5.74) is 3.46. The lowest BCUT2D eigenvalue weighted by atomic mass is 10.1. The number of piperazine rings is 1. The lowest BCUT2D eigenvalue weighted by molar-refractivity contribution is 0.194. The number of fused-ring (bicyclic) bond motifs is 1. The Morgan fingerprint density at radius 3 is 2.46 bits per heavy atom. The van der Waals surface area contributed by atoms with Crippen molar-refractivity contribution in [3.8, 4) is 0 Å². The number of nitrogens with zero attached hydrogens (tertiary/aromatic N) is 4. The molecule has 28 heavy (non-hydrogen) atoms. The first-order valence-corrected chi connectivity index (χ1v) is 9.95. The second-order valence-corrected chi connectivity index (χ2v) is 7.25. The number of para-hydroxylation sites is 2. The molecule has 3 aromatic rings. The third-order valence-corrected chi connectivity index (χ3v) is 5.37. The number of hydrogen-bond donors (Lipinski definition) is 1. The molecule has 1 N–H and O–H groups in total. The average molecular weight is 377 g/mol. The molecule has 0 atom stereocenters. The number of anilines is 1. The van der Waals surface area contributed by atoms with Crippen molar-refractivity contribution >= 4 is 23.0 Å². The molecule has 0 saturated carbocycles. The summed E-state index contributed by atoms with van der Waals surface area (Å²) in [5, 5.41) is 3.06. The number of hydrogen-bond acceptors (Lipinski definition) is 3. The predicted molar refractivity (Wildman–Crippen MR) is 113 cm³/mol. The van der Waals surface area contributed by atoms with Gasteiger partial charge in [0.05, 0.1) is 11.0 Å². The van der Waals surface area contributed by atoms with Gasteiger partial charge >= 0.3 is 6.03 Å². The van der Waals surface area contributed by atoms with Crippen molar-refractivity contribution in [2.24, 2.45) is 7.05 Å². The molecule has 1 fully saturated rings. The largest absolute Gasteiger partial charge is 0.339 e. The summed E-state index contributed by atoms with van der Waals surface area (Å²) < 4.78 is 2.13. The maximum atomic E-state index is 12.4. The first kappa shape index (κ1) is 18.3. The van der Waals surface area contributed by atoms with Gasteiger partial charge in [0.2, 0.25) is 5.95 Å². The lowest BCUT2D eigenvalue weighted by Gasteiger charge is -2.35. The van der Waals surface area contributed by atoms with E-state index in [2.05, 4.69) is 52.2 Å². The minimum absolute atomic E-state index is 0.0395. The van der Waals surface area contributed by atoms with Gasteiger partial charge in [0, 0.05) is 39.8 Å². The zero-order chi connectivity index (χ0) is 19.3. The fraction of sp³-hybridized carbons (Fsp3) is 0.364. The van der Waals surface area contributed by atoms with E-state index in [0.717, 1.165) is 42.9 Å². The molecule has 6 nitrogen and oxygen atoms in total. The van der Waals surface area contributed by atoms with Gasteiger partial charge in [-0.2, -0.15) is 0 Å². The molecule has 1 aromatic heterocycles. The molecule has 2 aromatic carbocycles. The molecule has 0 radical (unpaired) electrons.